The Morgan fingerprint density at radius 1 is 1.42 bits per heavy atom. The fraction of sp³-hybridized carbons (Fsp3) is 0.286. The fourth-order valence-electron chi connectivity index (χ4n) is 2.05. The highest BCUT2D eigenvalue weighted by Gasteiger charge is 2.20. The van der Waals surface area contributed by atoms with Gasteiger partial charge in [0.15, 0.2) is 10.9 Å². The molecule has 0 saturated heterocycles. The summed E-state index contributed by atoms with van der Waals surface area (Å²) in [4.78, 5) is 15.5. The third-order valence-corrected chi connectivity index (χ3v) is 3.91. The van der Waals surface area contributed by atoms with Crippen LogP contribution in [-0.2, 0) is 13.5 Å². The smallest absolute Gasteiger partial charge is 0.356 e. The average Bonchev–Trinajstić information content (AvgIpc) is 2.69. The summed E-state index contributed by atoms with van der Waals surface area (Å²) < 4.78 is 1.86. The van der Waals surface area contributed by atoms with Crippen molar-refractivity contribution in [3.63, 3.8) is 0 Å². The summed E-state index contributed by atoms with van der Waals surface area (Å²) in [6.07, 6.45) is 2.48. The van der Waals surface area contributed by atoms with Crippen molar-refractivity contribution in [3.8, 4) is 0 Å². The molecule has 0 unspecified atom stereocenters. The Morgan fingerprint density at radius 3 is 2.68 bits per heavy atom. The Kier molecular flexibility index (Phi) is 3.95. The van der Waals surface area contributed by atoms with Gasteiger partial charge in [0.1, 0.15) is 0 Å². The highest BCUT2D eigenvalue weighted by atomic mass is 32.2. The number of rotatable bonds is 4. The number of thioether (sulfide) groups is 1. The van der Waals surface area contributed by atoms with Crippen molar-refractivity contribution in [3.05, 3.63) is 46.8 Å². The molecule has 2 aromatic rings. The number of aromatic nitrogens is 2. The zero-order valence-electron chi connectivity index (χ0n) is 11.2. The predicted octanol–water partition coefficient (Wildman–Crippen LogP) is 2.74. The van der Waals surface area contributed by atoms with E-state index < -0.39 is 5.97 Å². The van der Waals surface area contributed by atoms with Crippen LogP contribution >= 0.6 is 11.8 Å². The van der Waals surface area contributed by atoms with Gasteiger partial charge in [-0.1, -0.05) is 36.0 Å². The molecule has 0 atom stereocenters. The topological polar surface area (TPSA) is 55.1 Å². The first kappa shape index (κ1) is 13.7. The van der Waals surface area contributed by atoms with Crippen LogP contribution in [0.5, 0.6) is 0 Å². The van der Waals surface area contributed by atoms with Gasteiger partial charge in [0, 0.05) is 13.5 Å². The first-order valence-corrected chi connectivity index (χ1v) is 7.14. The summed E-state index contributed by atoms with van der Waals surface area (Å²) in [5.74, 6) is -0.973. The Morgan fingerprint density at radius 2 is 2.11 bits per heavy atom. The zero-order valence-corrected chi connectivity index (χ0v) is 12.0. The molecule has 100 valence electrons. The highest BCUT2D eigenvalue weighted by Crippen LogP contribution is 2.22. The molecule has 5 heteroatoms. The number of nitrogens with zero attached hydrogens (tertiary/aromatic N) is 2. The van der Waals surface area contributed by atoms with Crippen LogP contribution in [-0.4, -0.2) is 26.9 Å². The average molecular weight is 276 g/mol. The van der Waals surface area contributed by atoms with Gasteiger partial charge in [0.25, 0.3) is 0 Å². The van der Waals surface area contributed by atoms with Crippen LogP contribution in [0.4, 0.5) is 0 Å². The first-order chi connectivity index (χ1) is 9.04. The molecule has 0 amide bonds. The molecule has 0 saturated carbocycles. The normalized spacial score (nSPS) is 10.7. The molecule has 1 aromatic heterocycles. The molecule has 1 heterocycles. The van der Waals surface area contributed by atoms with Crippen LogP contribution in [0, 0.1) is 6.92 Å². The summed E-state index contributed by atoms with van der Waals surface area (Å²) in [5.41, 5.74) is 3.17. The van der Waals surface area contributed by atoms with E-state index in [1.54, 1.807) is 0 Å². The predicted molar refractivity (Wildman–Crippen MR) is 75.9 cm³/mol. The molecule has 0 bridgehead atoms. The third kappa shape index (κ3) is 2.66. The second kappa shape index (κ2) is 5.48. The maximum atomic E-state index is 11.3. The SMILES string of the molecule is CSc1nc(C(=O)O)c(Cc2ccccc2C)n1C. The monoisotopic (exact) mass is 276 g/mol. The second-order valence-electron chi connectivity index (χ2n) is 4.36. The van der Waals surface area contributed by atoms with E-state index in [1.165, 1.54) is 11.8 Å². The van der Waals surface area contributed by atoms with Gasteiger partial charge in [-0.2, -0.15) is 0 Å². The zero-order chi connectivity index (χ0) is 14.0. The number of hydrogen-bond donors (Lipinski definition) is 1. The summed E-state index contributed by atoms with van der Waals surface area (Å²) in [5, 5.41) is 9.98. The van der Waals surface area contributed by atoms with E-state index in [0.29, 0.717) is 6.42 Å². The number of aromatic carboxylic acids is 1. The molecule has 0 aliphatic heterocycles. The van der Waals surface area contributed by atoms with Crippen LogP contribution in [0.1, 0.15) is 27.3 Å². The molecular formula is C14H16N2O2S. The summed E-state index contributed by atoms with van der Waals surface area (Å²) in [6.45, 7) is 2.03. The van der Waals surface area contributed by atoms with Gasteiger partial charge in [-0.05, 0) is 24.3 Å². The fourth-order valence-corrected chi connectivity index (χ4v) is 2.62. The van der Waals surface area contributed by atoms with Crippen molar-refractivity contribution < 1.29 is 9.90 Å². The van der Waals surface area contributed by atoms with E-state index in [4.69, 9.17) is 0 Å². The molecular weight excluding hydrogens is 260 g/mol. The van der Waals surface area contributed by atoms with E-state index in [-0.39, 0.29) is 5.69 Å². The van der Waals surface area contributed by atoms with Crippen LogP contribution < -0.4 is 0 Å². The van der Waals surface area contributed by atoms with Crippen molar-refractivity contribution in [2.45, 2.75) is 18.5 Å². The molecule has 19 heavy (non-hydrogen) atoms. The number of aryl methyl sites for hydroxylation is 1. The standard InChI is InChI=1S/C14H16N2O2S/c1-9-6-4-5-7-10(9)8-11-12(13(17)18)15-14(19-3)16(11)2/h4-7H,8H2,1-3H3,(H,17,18). The van der Waals surface area contributed by atoms with Crippen LogP contribution in [0.2, 0.25) is 0 Å². The van der Waals surface area contributed by atoms with Crippen molar-refractivity contribution in [2.24, 2.45) is 7.05 Å². The van der Waals surface area contributed by atoms with Crippen molar-refractivity contribution >= 4 is 17.7 Å². The minimum absolute atomic E-state index is 0.148. The summed E-state index contributed by atoms with van der Waals surface area (Å²) in [6, 6.07) is 8.00. The Hall–Kier alpha value is -1.75. The lowest BCUT2D eigenvalue weighted by Gasteiger charge is -2.08. The van der Waals surface area contributed by atoms with Gasteiger partial charge in [-0.3, -0.25) is 0 Å². The van der Waals surface area contributed by atoms with Gasteiger partial charge in [0.05, 0.1) is 5.69 Å². The van der Waals surface area contributed by atoms with Gasteiger partial charge in [-0.25, -0.2) is 9.78 Å². The molecule has 0 fully saturated rings. The Labute approximate surface area is 116 Å². The van der Waals surface area contributed by atoms with Gasteiger partial charge in [0.2, 0.25) is 0 Å². The molecule has 1 aromatic carbocycles. The number of carboxylic acids is 1. The van der Waals surface area contributed by atoms with Crippen LogP contribution in [0.15, 0.2) is 29.4 Å². The van der Waals surface area contributed by atoms with Crippen molar-refractivity contribution in [1.29, 1.82) is 0 Å². The summed E-state index contributed by atoms with van der Waals surface area (Å²) in [7, 11) is 1.86. The van der Waals surface area contributed by atoms with E-state index in [0.717, 1.165) is 22.0 Å². The van der Waals surface area contributed by atoms with E-state index in [1.807, 2.05) is 49.1 Å². The molecule has 4 nitrogen and oxygen atoms in total. The lowest BCUT2D eigenvalue weighted by atomic mass is 10.0. The van der Waals surface area contributed by atoms with Gasteiger partial charge >= 0.3 is 5.97 Å². The van der Waals surface area contributed by atoms with E-state index in [9.17, 15) is 9.90 Å². The number of carboxylic acid groups (broad SMARTS) is 1. The summed E-state index contributed by atoms with van der Waals surface area (Å²) >= 11 is 1.45. The van der Waals surface area contributed by atoms with E-state index in [2.05, 4.69) is 4.98 Å². The lowest BCUT2D eigenvalue weighted by Crippen LogP contribution is -2.06. The quantitative estimate of drug-likeness (QED) is 0.872. The van der Waals surface area contributed by atoms with Gasteiger partial charge < -0.3 is 9.67 Å². The molecule has 0 aliphatic carbocycles. The number of benzene rings is 1. The van der Waals surface area contributed by atoms with Crippen LogP contribution in [0.3, 0.4) is 0 Å². The third-order valence-electron chi connectivity index (χ3n) is 3.18. The minimum atomic E-state index is -0.973. The molecule has 0 spiro atoms. The molecule has 0 radical (unpaired) electrons. The number of hydrogen-bond acceptors (Lipinski definition) is 3. The highest BCUT2D eigenvalue weighted by molar-refractivity contribution is 7.98. The molecule has 2 rings (SSSR count). The molecule has 1 N–H and O–H groups in total. The van der Waals surface area contributed by atoms with Gasteiger partial charge in [-0.15, -0.1) is 0 Å². The van der Waals surface area contributed by atoms with Crippen molar-refractivity contribution in [2.75, 3.05) is 6.26 Å². The first-order valence-electron chi connectivity index (χ1n) is 5.92. The van der Waals surface area contributed by atoms with Crippen molar-refractivity contribution in [1.82, 2.24) is 9.55 Å². The van der Waals surface area contributed by atoms with E-state index >= 15 is 0 Å². The molecule has 0 aliphatic rings. The lowest BCUT2D eigenvalue weighted by molar-refractivity contribution is 0.0689. The Bertz CT molecular complexity index is 620. The number of carbonyl (C=O) groups is 1. The second-order valence-corrected chi connectivity index (χ2v) is 5.13. The maximum Gasteiger partial charge on any atom is 0.356 e. The number of imidazole rings is 1. The maximum absolute atomic E-state index is 11.3. The minimum Gasteiger partial charge on any atom is -0.476 e. The Balaban J connectivity index is 2.47. The largest absolute Gasteiger partial charge is 0.476 e. The van der Waals surface area contributed by atoms with Crippen LogP contribution in [0.25, 0.3) is 0 Å².